The minimum Gasteiger partial charge on any atom is -0.296 e. The van der Waals surface area contributed by atoms with Crippen molar-refractivity contribution in [2.75, 3.05) is 26.2 Å². The number of hydrogen-bond donors (Lipinski definition) is 0. The van der Waals surface area contributed by atoms with Crippen molar-refractivity contribution in [1.82, 2.24) is 14.2 Å². The highest BCUT2D eigenvalue weighted by Crippen LogP contribution is 2.27. The average molecular weight is 427 g/mol. The summed E-state index contributed by atoms with van der Waals surface area (Å²) in [6, 6.07) is 16.0. The first-order chi connectivity index (χ1) is 14.0. The molecule has 2 aromatic carbocycles. The van der Waals surface area contributed by atoms with Crippen LogP contribution in [-0.2, 0) is 16.6 Å². The molecule has 3 aromatic rings. The number of nitrogens with zero attached hydrogens (tertiary/aromatic N) is 4. The van der Waals surface area contributed by atoms with E-state index in [4.69, 9.17) is 11.6 Å². The van der Waals surface area contributed by atoms with Crippen molar-refractivity contribution < 1.29 is 8.42 Å². The number of nitriles is 1. The summed E-state index contributed by atoms with van der Waals surface area (Å²) in [5.74, 6) is 0. The second-order valence-electron chi connectivity index (χ2n) is 6.89. The summed E-state index contributed by atoms with van der Waals surface area (Å²) in [5.41, 5.74) is 2.00. The largest absolute Gasteiger partial charge is 0.296 e. The summed E-state index contributed by atoms with van der Waals surface area (Å²) in [6.07, 6.45) is 1.75. The van der Waals surface area contributed by atoms with E-state index in [1.807, 2.05) is 30.3 Å². The van der Waals surface area contributed by atoms with Gasteiger partial charge >= 0.3 is 0 Å². The Bertz CT molecular complexity index is 1200. The summed E-state index contributed by atoms with van der Waals surface area (Å²) in [4.78, 5) is 6.72. The van der Waals surface area contributed by atoms with E-state index >= 15 is 0 Å². The molecule has 0 saturated carbocycles. The third kappa shape index (κ3) is 3.85. The van der Waals surface area contributed by atoms with Crippen molar-refractivity contribution in [3.63, 3.8) is 0 Å². The Morgan fingerprint density at radius 2 is 1.79 bits per heavy atom. The Balaban J connectivity index is 1.51. The molecule has 1 aliphatic rings. The molecule has 0 atom stereocenters. The lowest BCUT2D eigenvalue weighted by molar-refractivity contribution is 0.182. The third-order valence-corrected chi connectivity index (χ3v) is 7.47. The number of piperazine rings is 1. The molecule has 1 aliphatic heterocycles. The van der Waals surface area contributed by atoms with Gasteiger partial charge in [0.05, 0.1) is 16.0 Å². The van der Waals surface area contributed by atoms with E-state index in [1.165, 1.54) is 16.4 Å². The van der Waals surface area contributed by atoms with Crippen molar-refractivity contribution in [3.8, 4) is 6.07 Å². The lowest BCUT2D eigenvalue weighted by Crippen LogP contribution is -2.48. The molecule has 0 spiro atoms. The Labute approximate surface area is 175 Å². The topological polar surface area (TPSA) is 77.3 Å². The maximum Gasteiger partial charge on any atom is 0.244 e. The van der Waals surface area contributed by atoms with Gasteiger partial charge in [-0.1, -0.05) is 35.9 Å². The third-order valence-electron chi connectivity index (χ3n) is 5.16. The van der Waals surface area contributed by atoms with Gasteiger partial charge in [0.25, 0.3) is 0 Å². The van der Waals surface area contributed by atoms with Gasteiger partial charge in [-0.15, -0.1) is 0 Å². The van der Waals surface area contributed by atoms with Gasteiger partial charge in [-0.3, -0.25) is 9.88 Å². The zero-order valence-corrected chi connectivity index (χ0v) is 17.2. The predicted molar refractivity (Wildman–Crippen MR) is 112 cm³/mol. The summed E-state index contributed by atoms with van der Waals surface area (Å²) in [7, 11) is -3.70. The van der Waals surface area contributed by atoms with Crippen LogP contribution in [0.15, 0.2) is 59.6 Å². The molecule has 1 saturated heterocycles. The predicted octanol–water partition coefficient (Wildman–Crippen LogP) is 3.27. The maximum atomic E-state index is 13.0. The van der Waals surface area contributed by atoms with Crippen LogP contribution < -0.4 is 0 Å². The first-order valence-corrected chi connectivity index (χ1v) is 11.1. The number of benzene rings is 2. The van der Waals surface area contributed by atoms with Crippen molar-refractivity contribution in [1.29, 1.82) is 5.26 Å². The van der Waals surface area contributed by atoms with E-state index in [-0.39, 0.29) is 10.5 Å². The van der Waals surface area contributed by atoms with E-state index in [9.17, 15) is 13.7 Å². The fraction of sp³-hybridized carbons (Fsp3) is 0.238. The molecule has 2 heterocycles. The zero-order chi connectivity index (χ0) is 20.4. The van der Waals surface area contributed by atoms with Gasteiger partial charge < -0.3 is 0 Å². The molecule has 6 nitrogen and oxygen atoms in total. The quantitative estimate of drug-likeness (QED) is 0.639. The summed E-state index contributed by atoms with van der Waals surface area (Å²) < 4.78 is 27.4. The van der Waals surface area contributed by atoms with E-state index in [0.717, 1.165) is 16.5 Å². The van der Waals surface area contributed by atoms with Crippen molar-refractivity contribution >= 4 is 32.5 Å². The van der Waals surface area contributed by atoms with Gasteiger partial charge in [-0.05, 0) is 24.3 Å². The molecule has 8 heteroatoms. The van der Waals surface area contributed by atoms with Crippen LogP contribution in [-0.4, -0.2) is 48.8 Å². The lowest BCUT2D eigenvalue weighted by Gasteiger charge is -2.34. The van der Waals surface area contributed by atoms with Gasteiger partial charge in [0.15, 0.2) is 0 Å². The van der Waals surface area contributed by atoms with Crippen molar-refractivity contribution in [3.05, 3.63) is 70.9 Å². The molecular weight excluding hydrogens is 408 g/mol. The number of pyridine rings is 1. The molecule has 1 aromatic heterocycles. The molecule has 0 bridgehead atoms. The van der Waals surface area contributed by atoms with Crippen LogP contribution >= 0.6 is 11.6 Å². The van der Waals surface area contributed by atoms with Crippen molar-refractivity contribution in [2.24, 2.45) is 0 Å². The molecule has 0 unspecified atom stereocenters. The number of halogens is 1. The number of sulfonamides is 1. The fourth-order valence-electron chi connectivity index (χ4n) is 3.61. The van der Waals surface area contributed by atoms with Crippen LogP contribution in [0.25, 0.3) is 10.9 Å². The van der Waals surface area contributed by atoms with E-state index in [0.29, 0.717) is 37.7 Å². The van der Waals surface area contributed by atoms with Crippen LogP contribution in [0.1, 0.15) is 11.1 Å². The van der Waals surface area contributed by atoms with Gasteiger partial charge in [0, 0.05) is 54.9 Å². The second-order valence-corrected chi connectivity index (χ2v) is 9.20. The maximum absolute atomic E-state index is 13.0. The van der Waals surface area contributed by atoms with Gasteiger partial charge in [-0.2, -0.15) is 9.57 Å². The molecule has 0 radical (unpaired) electrons. The minimum absolute atomic E-state index is 0.0669. The monoisotopic (exact) mass is 426 g/mol. The summed E-state index contributed by atoms with van der Waals surface area (Å²) in [6.45, 7) is 2.48. The number of aromatic nitrogens is 1. The first-order valence-electron chi connectivity index (χ1n) is 9.24. The number of rotatable bonds is 4. The fourth-order valence-corrected chi connectivity index (χ4v) is 5.38. The Morgan fingerprint density at radius 3 is 2.55 bits per heavy atom. The molecule has 1 fully saturated rings. The lowest BCUT2D eigenvalue weighted by atomic mass is 10.1. The van der Waals surface area contributed by atoms with Crippen LogP contribution in [0.5, 0.6) is 0 Å². The molecule has 0 amide bonds. The first kappa shape index (κ1) is 19.8. The summed E-state index contributed by atoms with van der Waals surface area (Å²) in [5, 5.41) is 10.9. The molecule has 0 aliphatic carbocycles. The van der Waals surface area contributed by atoms with Crippen LogP contribution in [0, 0.1) is 11.3 Å². The number of hydrogen-bond acceptors (Lipinski definition) is 5. The molecule has 4 rings (SSSR count). The molecule has 0 N–H and O–H groups in total. The van der Waals surface area contributed by atoms with E-state index in [2.05, 4.69) is 9.88 Å². The Kier molecular flexibility index (Phi) is 5.52. The van der Waals surface area contributed by atoms with Gasteiger partial charge in [0.1, 0.15) is 6.07 Å². The highest BCUT2D eigenvalue weighted by Gasteiger charge is 2.30. The van der Waals surface area contributed by atoms with E-state index in [1.54, 1.807) is 18.3 Å². The SMILES string of the molecule is N#Cc1ccccc1S(=O)(=O)N1CCN(Cc2c(Cl)ccc3cccnc23)CC1. The average Bonchev–Trinajstić information content (AvgIpc) is 2.76. The molecular formula is C21H19ClN4O2S. The number of fused-ring (bicyclic) bond motifs is 1. The van der Waals surface area contributed by atoms with Crippen LogP contribution in [0.3, 0.4) is 0 Å². The van der Waals surface area contributed by atoms with Gasteiger partial charge in [0.2, 0.25) is 10.0 Å². The standard InChI is InChI=1S/C21H19ClN4O2S/c22-19-8-7-16-5-3-9-24-21(16)18(19)15-25-10-12-26(13-11-25)29(27,28)20-6-2-1-4-17(20)14-23/h1-9H,10-13,15H2. The minimum atomic E-state index is -3.70. The van der Waals surface area contributed by atoms with Gasteiger partial charge in [-0.25, -0.2) is 8.42 Å². The second kappa shape index (κ2) is 8.09. The Morgan fingerprint density at radius 1 is 1.03 bits per heavy atom. The highest BCUT2D eigenvalue weighted by atomic mass is 35.5. The van der Waals surface area contributed by atoms with E-state index < -0.39 is 10.0 Å². The molecule has 29 heavy (non-hydrogen) atoms. The smallest absolute Gasteiger partial charge is 0.244 e. The Hall–Kier alpha value is -2.50. The van der Waals surface area contributed by atoms with Crippen LogP contribution in [0.4, 0.5) is 0 Å². The zero-order valence-electron chi connectivity index (χ0n) is 15.6. The van der Waals surface area contributed by atoms with Crippen LogP contribution in [0.2, 0.25) is 5.02 Å². The summed E-state index contributed by atoms with van der Waals surface area (Å²) >= 11 is 6.43. The van der Waals surface area contributed by atoms with Crippen molar-refractivity contribution in [2.45, 2.75) is 11.4 Å². The normalized spacial score (nSPS) is 16.0. The molecule has 148 valence electrons. The highest BCUT2D eigenvalue weighted by molar-refractivity contribution is 7.89.